The van der Waals surface area contributed by atoms with Crippen molar-refractivity contribution in [2.75, 3.05) is 13.6 Å². The van der Waals surface area contributed by atoms with Crippen molar-refractivity contribution in [3.63, 3.8) is 0 Å². The van der Waals surface area contributed by atoms with Gasteiger partial charge in [0.1, 0.15) is 0 Å². The summed E-state index contributed by atoms with van der Waals surface area (Å²) in [5.74, 6) is -0.228. The molecule has 27 heavy (non-hydrogen) atoms. The summed E-state index contributed by atoms with van der Waals surface area (Å²) in [5, 5.41) is 0.457. The number of sulfonamides is 1. The van der Waals surface area contributed by atoms with Crippen molar-refractivity contribution in [2.24, 2.45) is 0 Å². The second-order valence-corrected chi connectivity index (χ2v) is 8.96. The number of rotatable bonds is 8. The number of nitrogens with zero attached hydrogens (tertiary/aromatic N) is 2. The number of benzene rings is 2. The van der Waals surface area contributed by atoms with E-state index in [0.717, 1.165) is 16.3 Å². The van der Waals surface area contributed by atoms with Crippen LogP contribution in [0.1, 0.15) is 25.8 Å². The molecule has 2 aromatic carbocycles. The summed E-state index contributed by atoms with van der Waals surface area (Å²) < 4.78 is 26.5. The Morgan fingerprint density at radius 1 is 1.07 bits per heavy atom. The van der Waals surface area contributed by atoms with Gasteiger partial charge in [-0.2, -0.15) is 4.31 Å². The first-order valence-corrected chi connectivity index (χ1v) is 10.6. The fourth-order valence-electron chi connectivity index (χ4n) is 2.64. The third-order valence-corrected chi connectivity index (χ3v) is 6.59. The molecule has 0 spiro atoms. The quantitative estimate of drug-likeness (QED) is 0.667. The van der Waals surface area contributed by atoms with Gasteiger partial charge in [0.05, 0.1) is 11.4 Å². The lowest BCUT2D eigenvalue weighted by Crippen LogP contribution is -2.44. The number of halogens is 1. The van der Waals surface area contributed by atoms with Crippen LogP contribution in [0.3, 0.4) is 0 Å². The van der Waals surface area contributed by atoms with Gasteiger partial charge in [-0.25, -0.2) is 8.42 Å². The zero-order valence-corrected chi connectivity index (χ0v) is 17.4. The van der Waals surface area contributed by atoms with Crippen LogP contribution in [0.4, 0.5) is 0 Å². The van der Waals surface area contributed by atoms with Crippen LogP contribution in [-0.2, 0) is 21.4 Å². The van der Waals surface area contributed by atoms with E-state index in [4.69, 9.17) is 11.6 Å². The van der Waals surface area contributed by atoms with E-state index in [2.05, 4.69) is 0 Å². The van der Waals surface area contributed by atoms with E-state index in [0.29, 0.717) is 11.6 Å². The van der Waals surface area contributed by atoms with Crippen LogP contribution in [0.15, 0.2) is 59.5 Å². The van der Waals surface area contributed by atoms with Gasteiger partial charge in [-0.15, -0.1) is 0 Å². The molecule has 146 valence electrons. The van der Waals surface area contributed by atoms with E-state index in [1.165, 1.54) is 31.3 Å². The fraction of sp³-hybridized carbons (Fsp3) is 0.350. The van der Waals surface area contributed by atoms with Gasteiger partial charge < -0.3 is 4.90 Å². The summed E-state index contributed by atoms with van der Waals surface area (Å²) >= 11 is 5.83. The van der Waals surface area contributed by atoms with Gasteiger partial charge in [-0.3, -0.25) is 4.79 Å². The van der Waals surface area contributed by atoms with Crippen LogP contribution in [0.5, 0.6) is 0 Å². The SMILES string of the molecule is CCC(C)N(Cc1ccccc1)C(=O)CN(C)S(=O)(=O)c1ccc(Cl)cc1. The van der Waals surface area contributed by atoms with Gasteiger partial charge in [0.15, 0.2) is 0 Å². The predicted molar refractivity (Wildman–Crippen MR) is 108 cm³/mol. The maximum Gasteiger partial charge on any atom is 0.243 e. The Balaban J connectivity index is 2.16. The van der Waals surface area contributed by atoms with Crippen molar-refractivity contribution in [2.45, 2.75) is 37.8 Å². The van der Waals surface area contributed by atoms with Crippen molar-refractivity contribution >= 4 is 27.5 Å². The van der Waals surface area contributed by atoms with Gasteiger partial charge in [0.2, 0.25) is 15.9 Å². The van der Waals surface area contributed by atoms with E-state index in [1.54, 1.807) is 4.90 Å². The molecule has 1 unspecified atom stereocenters. The largest absolute Gasteiger partial charge is 0.335 e. The van der Waals surface area contributed by atoms with E-state index >= 15 is 0 Å². The van der Waals surface area contributed by atoms with E-state index < -0.39 is 10.0 Å². The molecule has 0 N–H and O–H groups in total. The zero-order chi connectivity index (χ0) is 20.0. The number of hydrogen-bond acceptors (Lipinski definition) is 3. The molecule has 0 saturated carbocycles. The number of carbonyl (C=O) groups excluding carboxylic acids is 1. The summed E-state index contributed by atoms with van der Waals surface area (Å²) in [6, 6.07) is 15.6. The first kappa shape index (κ1) is 21.4. The normalized spacial score (nSPS) is 12.8. The third-order valence-electron chi connectivity index (χ3n) is 4.52. The highest BCUT2D eigenvalue weighted by atomic mass is 35.5. The maximum atomic E-state index is 12.9. The monoisotopic (exact) mass is 408 g/mol. The van der Waals surface area contributed by atoms with E-state index in [9.17, 15) is 13.2 Å². The Bertz CT molecular complexity index is 855. The Labute approximate surface area is 166 Å². The number of hydrogen-bond donors (Lipinski definition) is 0. The zero-order valence-electron chi connectivity index (χ0n) is 15.8. The van der Waals surface area contributed by atoms with Crippen molar-refractivity contribution in [3.8, 4) is 0 Å². The Hall–Kier alpha value is -1.89. The molecule has 2 aromatic rings. The standard InChI is InChI=1S/C20H25ClN2O3S/c1-4-16(2)23(14-17-8-6-5-7-9-17)20(24)15-22(3)27(25,26)19-12-10-18(21)11-13-19/h5-13,16H,4,14-15H2,1-3H3. The van der Waals surface area contributed by atoms with Crippen LogP contribution in [0, 0.1) is 0 Å². The average Bonchev–Trinajstić information content (AvgIpc) is 2.66. The molecular formula is C20H25ClN2O3S. The smallest absolute Gasteiger partial charge is 0.243 e. The Kier molecular flexibility index (Phi) is 7.41. The van der Waals surface area contributed by atoms with Gasteiger partial charge in [0, 0.05) is 24.7 Å². The minimum absolute atomic E-state index is 0.00402. The van der Waals surface area contributed by atoms with Gasteiger partial charge >= 0.3 is 0 Å². The summed E-state index contributed by atoms with van der Waals surface area (Å²) in [5.41, 5.74) is 1.01. The van der Waals surface area contributed by atoms with E-state index in [-0.39, 0.29) is 23.4 Å². The number of likely N-dealkylation sites (N-methyl/N-ethyl adjacent to an activating group) is 1. The molecule has 0 saturated heterocycles. The highest BCUT2D eigenvalue weighted by Gasteiger charge is 2.27. The average molecular weight is 409 g/mol. The summed E-state index contributed by atoms with van der Waals surface area (Å²) in [4.78, 5) is 14.7. The van der Waals surface area contributed by atoms with Crippen molar-refractivity contribution in [1.29, 1.82) is 0 Å². The summed E-state index contributed by atoms with van der Waals surface area (Å²) in [6.07, 6.45) is 0.784. The molecule has 0 aromatic heterocycles. The molecular weight excluding hydrogens is 384 g/mol. The first-order valence-electron chi connectivity index (χ1n) is 8.81. The lowest BCUT2D eigenvalue weighted by Gasteiger charge is -2.30. The van der Waals surface area contributed by atoms with Crippen molar-refractivity contribution < 1.29 is 13.2 Å². The maximum absolute atomic E-state index is 12.9. The molecule has 0 aliphatic heterocycles. The van der Waals surface area contributed by atoms with Crippen LogP contribution >= 0.6 is 11.6 Å². The highest BCUT2D eigenvalue weighted by molar-refractivity contribution is 7.89. The molecule has 5 nitrogen and oxygen atoms in total. The minimum atomic E-state index is -3.76. The lowest BCUT2D eigenvalue weighted by atomic mass is 10.1. The van der Waals surface area contributed by atoms with Gasteiger partial charge in [-0.1, -0.05) is 48.9 Å². The second-order valence-electron chi connectivity index (χ2n) is 6.48. The fourth-order valence-corrected chi connectivity index (χ4v) is 3.89. The molecule has 0 radical (unpaired) electrons. The Morgan fingerprint density at radius 2 is 1.67 bits per heavy atom. The van der Waals surface area contributed by atoms with Crippen LogP contribution < -0.4 is 0 Å². The second kappa shape index (κ2) is 9.35. The first-order chi connectivity index (χ1) is 12.8. The van der Waals surface area contributed by atoms with Crippen LogP contribution in [0.2, 0.25) is 5.02 Å². The predicted octanol–water partition coefficient (Wildman–Crippen LogP) is 3.79. The molecule has 2 rings (SSSR count). The van der Waals surface area contributed by atoms with Gasteiger partial charge in [0.25, 0.3) is 0 Å². The highest BCUT2D eigenvalue weighted by Crippen LogP contribution is 2.18. The summed E-state index contributed by atoms with van der Waals surface area (Å²) in [7, 11) is -2.35. The molecule has 0 aliphatic rings. The van der Waals surface area contributed by atoms with E-state index in [1.807, 2.05) is 44.2 Å². The number of carbonyl (C=O) groups is 1. The Morgan fingerprint density at radius 3 is 2.22 bits per heavy atom. The van der Waals surface area contributed by atoms with Crippen LogP contribution in [-0.4, -0.2) is 43.2 Å². The molecule has 0 bridgehead atoms. The van der Waals surface area contributed by atoms with Gasteiger partial charge in [-0.05, 0) is 43.2 Å². The molecule has 1 atom stereocenters. The summed E-state index contributed by atoms with van der Waals surface area (Å²) in [6.45, 7) is 4.20. The van der Waals surface area contributed by atoms with Crippen molar-refractivity contribution in [1.82, 2.24) is 9.21 Å². The molecule has 1 amide bonds. The topological polar surface area (TPSA) is 57.7 Å². The third kappa shape index (κ3) is 5.54. The van der Waals surface area contributed by atoms with Crippen molar-refractivity contribution in [3.05, 3.63) is 65.2 Å². The molecule has 7 heteroatoms. The number of amides is 1. The minimum Gasteiger partial charge on any atom is -0.335 e. The molecule has 0 heterocycles. The molecule has 0 fully saturated rings. The molecule has 0 aliphatic carbocycles. The lowest BCUT2D eigenvalue weighted by molar-refractivity contribution is -0.134. The van der Waals surface area contributed by atoms with Crippen LogP contribution in [0.25, 0.3) is 0 Å².